The summed E-state index contributed by atoms with van der Waals surface area (Å²) in [4.78, 5) is 0. The van der Waals surface area contributed by atoms with Crippen molar-refractivity contribution < 1.29 is 21.6 Å². The van der Waals surface area contributed by atoms with Crippen LogP contribution in [-0.2, 0) is 16.2 Å². The highest BCUT2D eigenvalue weighted by atomic mass is 35.5. The minimum atomic E-state index is -4.75. The summed E-state index contributed by atoms with van der Waals surface area (Å²) in [6.45, 7) is 0. The van der Waals surface area contributed by atoms with Gasteiger partial charge in [-0.1, -0.05) is 11.6 Å². The number of hydrogen-bond donors (Lipinski definition) is 1. The molecular formula is C9H6ClF3N2O2S. The Bertz CT molecular complexity index is 593. The topological polar surface area (TPSA) is 70.0 Å². The second-order valence-corrected chi connectivity index (χ2v) is 5.37. The van der Waals surface area contributed by atoms with Crippen LogP contribution in [0.15, 0.2) is 18.2 Å². The van der Waals surface area contributed by atoms with Crippen molar-refractivity contribution in [2.75, 3.05) is 10.5 Å². The van der Waals surface area contributed by atoms with E-state index in [0.29, 0.717) is 6.07 Å². The Balaban J connectivity index is 3.23. The quantitative estimate of drug-likeness (QED) is 0.932. The van der Waals surface area contributed by atoms with Crippen molar-refractivity contribution in [1.29, 1.82) is 5.26 Å². The second kappa shape index (κ2) is 5.04. The molecule has 98 valence electrons. The molecule has 18 heavy (non-hydrogen) atoms. The molecule has 0 unspecified atom stereocenters. The van der Waals surface area contributed by atoms with Gasteiger partial charge in [-0.15, -0.1) is 0 Å². The van der Waals surface area contributed by atoms with Crippen LogP contribution in [0.2, 0.25) is 5.02 Å². The van der Waals surface area contributed by atoms with Gasteiger partial charge < -0.3 is 0 Å². The molecule has 0 fully saturated rings. The van der Waals surface area contributed by atoms with Gasteiger partial charge in [-0.25, -0.2) is 8.42 Å². The lowest BCUT2D eigenvalue weighted by molar-refractivity contribution is -0.136. The number of rotatable bonds is 3. The molecule has 0 heterocycles. The van der Waals surface area contributed by atoms with Crippen LogP contribution in [0, 0.1) is 11.3 Å². The first-order valence-electron chi connectivity index (χ1n) is 4.40. The molecule has 0 bridgehead atoms. The molecule has 9 heteroatoms. The summed E-state index contributed by atoms with van der Waals surface area (Å²) in [5.74, 6) is -0.938. The minimum absolute atomic E-state index is 0.175. The molecule has 4 nitrogen and oxygen atoms in total. The third-order valence-corrected chi connectivity index (χ3v) is 3.08. The number of sulfonamides is 1. The van der Waals surface area contributed by atoms with E-state index < -0.39 is 33.2 Å². The zero-order valence-electron chi connectivity index (χ0n) is 8.62. The van der Waals surface area contributed by atoms with E-state index in [2.05, 4.69) is 0 Å². The smallest absolute Gasteiger partial charge is 0.282 e. The van der Waals surface area contributed by atoms with Crippen LogP contribution < -0.4 is 4.72 Å². The fourth-order valence-electron chi connectivity index (χ4n) is 1.13. The summed E-state index contributed by atoms with van der Waals surface area (Å²) >= 11 is 5.43. The molecule has 0 radical (unpaired) electrons. The molecule has 0 atom stereocenters. The molecule has 0 aliphatic carbocycles. The van der Waals surface area contributed by atoms with Crippen molar-refractivity contribution in [2.45, 2.75) is 6.18 Å². The zero-order valence-corrected chi connectivity index (χ0v) is 10.2. The molecule has 0 aromatic heterocycles. The molecular weight excluding hydrogens is 293 g/mol. The summed E-state index contributed by atoms with van der Waals surface area (Å²) in [6, 6.07) is 3.94. The van der Waals surface area contributed by atoms with Gasteiger partial charge in [-0.2, -0.15) is 18.4 Å². The molecule has 0 saturated heterocycles. The highest BCUT2D eigenvalue weighted by molar-refractivity contribution is 7.92. The van der Waals surface area contributed by atoms with Gasteiger partial charge >= 0.3 is 6.18 Å². The van der Waals surface area contributed by atoms with Gasteiger partial charge in [-0.3, -0.25) is 4.72 Å². The van der Waals surface area contributed by atoms with Crippen molar-refractivity contribution in [1.82, 2.24) is 0 Å². The zero-order chi connectivity index (χ0) is 14.0. The van der Waals surface area contributed by atoms with Crippen LogP contribution in [0.3, 0.4) is 0 Å². The lowest BCUT2D eigenvalue weighted by Gasteiger charge is -2.14. The number of anilines is 1. The van der Waals surface area contributed by atoms with Crippen molar-refractivity contribution >= 4 is 27.3 Å². The number of nitrogens with zero attached hydrogens (tertiary/aromatic N) is 1. The molecule has 0 aliphatic rings. The van der Waals surface area contributed by atoms with Crippen LogP contribution in [0.25, 0.3) is 0 Å². The lowest BCUT2D eigenvalue weighted by atomic mass is 10.2. The fourth-order valence-corrected chi connectivity index (χ4v) is 2.06. The highest BCUT2D eigenvalue weighted by Gasteiger charge is 2.34. The number of halogens is 4. The van der Waals surface area contributed by atoms with E-state index >= 15 is 0 Å². The molecule has 1 aromatic carbocycles. The molecule has 1 rings (SSSR count). The van der Waals surface area contributed by atoms with Gasteiger partial charge in [0.05, 0.1) is 17.3 Å². The van der Waals surface area contributed by atoms with E-state index in [1.54, 1.807) is 4.72 Å². The predicted molar refractivity (Wildman–Crippen MR) is 59.5 cm³/mol. The van der Waals surface area contributed by atoms with Crippen molar-refractivity contribution in [3.05, 3.63) is 28.8 Å². The molecule has 1 aromatic rings. The number of alkyl halides is 3. The normalized spacial score (nSPS) is 11.9. The molecule has 0 aliphatic heterocycles. The highest BCUT2D eigenvalue weighted by Crippen LogP contribution is 2.36. The maximum Gasteiger partial charge on any atom is 0.418 e. The average Bonchev–Trinajstić information content (AvgIpc) is 2.18. The SMILES string of the molecule is N#CCS(=O)(=O)Nc1ccc(Cl)cc1C(F)(F)F. The Morgan fingerprint density at radius 1 is 1.39 bits per heavy atom. The summed E-state index contributed by atoms with van der Waals surface area (Å²) in [7, 11) is -4.13. The lowest BCUT2D eigenvalue weighted by Crippen LogP contribution is -2.19. The van der Waals surface area contributed by atoms with Crippen LogP contribution in [0.5, 0.6) is 0 Å². The fraction of sp³-hybridized carbons (Fsp3) is 0.222. The Labute approximate surface area is 106 Å². The maximum absolute atomic E-state index is 12.6. The predicted octanol–water partition coefficient (Wildman–Crippen LogP) is 2.62. The van der Waals surface area contributed by atoms with E-state index in [1.165, 1.54) is 6.07 Å². The van der Waals surface area contributed by atoms with E-state index in [1.807, 2.05) is 0 Å². The van der Waals surface area contributed by atoms with E-state index in [9.17, 15) is 21.6 Å². The Hall–Kier alpha value is -1.46. The van der Waals surface area contributed by atoms with Crippen molar-refractivity contribution in [3.63, 3.8) is 0 Å². The van der Waals surface area contributed by atoms with Gasteiger partial charge in [0, 0.05) is 5.02 Å². The largest absolute Gasteiger partial charge is 0.418 e. The van der Waals surface area contributed by atoms with Crippen LogP contribution in [0.4, 0.5) is 18.9 Å². The molecule has 0 spiro atoms. The van der Waals surface area contributed by atoms with Gasteiger partial charge in [0.2, 0.25) is 10.0 Å². The first-order chi connectivity index (χ1) is 8.15. The molecule has 0 amide bonds. The Morgan fingerprint density at radius 3 is 2.50 bits per heavy atom. The first kappa shape index (κ1) is 14.6. The maximum atomic E-state index is 12.6. The molecule has 1 N–H and O–H groups in total. The van der Waals surface area contributed by atoms with Gasteiger partial charge in [0.25, 0.3) is 0 Å². The monoisotopic (exact) mass is 298 g/mol. The van der Waals surface area contributed by atoms with Gasteiger partial charge in [-0.05, 0) is 18.2 Å². The second-order valence-electron chi connectivity index (χ2n) is 3.21. The average molecular weight is 299 g/mol. The standard InChI is InChI=1S/C9H6ClF3N2O2S/c10-6-1-2-8(7(5-6)9(11,12)13)15-18(16,17)4-3-14/h1-2,5,15H,4H2. The third kappa shape index (κ3) is 3.78. The Morgan fingerprint density at radius 2 is 2.00 bits per heavy atom. The summed E-state index contributed by atoms with van der Waals surface area (Å²) in [6.07, 6.45) is -4.75. The number of benzene rings is 1. The van der Waals surface area contributed by atoms with E-state index in [-0.39, 0.29) is 5.02 Å². The van der Waals surface area contributed by atoms with E-state index in [4.69, 9.17) is 16.9 Å². The minimum Gasteiger partial charge on any atom is -0.282 e. The Kier molecular flexibility index (Phi) is 4.09. The van der Waals surface area contributed by atoms with Crippen LogP contribution in [-0.4, -0.2) is 14.2 Å². The number of nitrogens with one attached hydrogen (secondary N) is 1. The van der Waals surface area contributed by atoms with Gasteiger partial charge in [0.15, 0.2) is 5.75 Å². The van der Waals surface area contributed by atoms with Crippen molar-refractivity contribution in [2.24, 2.45) is 0 Å². The number of hydrogen-bond acceptors (Lipinski definition) is 3. The molecule has 0 saturated carbocycles. The third-order valence-electron chi connectivity index (χ3n) is 1.81. The van der Waals surface area contributed by atoms with Crippen LogP contribution >= 0.6 is 11.6 Å². The number of nitriles is 1. The summed E-state index contributed by atoms with van der Waals surface area (Å²) < 4.78 is 62.0. The summed E-state index contributed by atoms with van der Waals surface area (Å²) in [5, 5.41) is 8.07. The first-order valence-corrected chi connectivity index (χ1v) is 6.43. The van der Waals surface area contributed by atoms with Crippen molar-refractivity contribution in [3.8, 4) is 6.07 Å². The summed E-state index contributed by atoms with van der Waals surface area (Å²) in [5.41, 5.74) is -1.88. The van der Waals surface area contributed by atoms with Crippen LogP contribution in [0.1, 0.15) is 5.56 Å². The van der Waals surface area contributed by atoms with E-state index in [0.717, 1.165) is 12.1 Å². The van der Waals surface area contributed by atoms with Gasteiger partial charge in [0.1, 0.15) is 0 Å².